The van der Waals surface area contributed by atoms with E-state index in [1.165, 1.54) is 12.1 Å². The van der Waals surface area contributed by atoms with Crippen molar-refractivity contribution in [2.45, 2.75) is 74.8 Å². The first-order chi connectivity index (χ1) is 19.2. The van der Waals surface area contributed by atoms with E-state index in [0.29, 0.717) is 12.8 Å². The number of halogens is 3. The summed E-state index contributed by atoms with van der Waals surface area (Å²) in [4.78, 5) is 30.1. The molecule has 2 N–H and O–H groups in total. The Kier molecular flexibility index (Phi) is 9.03. The Balaban J connectivity index is 1.67. The molecule has 1 saturated heterocycles. The maximum Gasteiger partial charge on any atom is 0.573 e. The minimum atomic E-state index is -5.04. The van der Waals surface area contributed by atoms with E-state index in [-0.39, 0.29) is 46.8 Å². The van der Waals surface area contributed by atoms with Crippen LogP contribution in [0.25, 0.3) is 0 Å². The van der Waals surface area contributed by atoms with Gasteiger partial charge in [-0.25, -0.2) is 8.42 Å². The van der Waals surface area contributed by atoms with E-state index in [2.05, 4.69) is 23.5 Å². The molecule has 2 aromatic carbocycles. The molecule has 2 aromatic rings. The molecule has 1 saturated carbocycles. The highest BCUT2D eigenvalue weighted by Crippen LogP contribution is 2.43. The number of hydrogen-bond acceptors (Lipinski definition) is 6. The van der Waals surface area contributed by atoms with Crippen molar-refractivity contribution in [2.24, 2.45) is 11.7 Å². The van der Waals surface area contributed by atoms with Crippen LogP contribution < -0.4 is 10.5 Å². The van der Waals surface area contributed by atoms with Crippen LogP contribution in [-0.4, -0.2) is 73.9 Å². The third-order valence-corrected chi connectivity index (χ3v) is 10.2. The highest BCUT2D eigenvalue weighted by molar-refractivity contribution is 7.91. The molecule has 2 aliphatic rings. The summed E-state index contributed by atoms with van der Waals surface area (Å²) in [5, 5.41) is 0. The van der Waals surface area contributed by atoms with E-state index >= 15 is 0 Å². The minimum Gasteiger partial charge on any atom is -0.405 e. The topological polar surface area (TPSA) is 110 Å². The number of nitrogens with two attached hydrogens (primary N) is 1. The van der Waals surface area contributed by atoms with Gasteiger partial charge >= 0.3 is 6.36 Å². The molecule has 4 atom stereocenters. The number of likely N-dealkylation sites (tertiary alicyclic amines) is 1. The maximum atomic E-state index is 13.9. The van der Waals surface area contributed by atoms with E-state index < -0.39 is 51.6 Å². The monoisotopic (exact) mass is 595 g/mol. The number of sulfone groups is 1. The third-order valence-electron chi connectivity index (χ3n) is 8.39. The fourth-order valence-corrected chi connectivity index (χ4v) is 7.93. The lowest BCUT2D eigenvalue weighted by Gasteiger charge is -2.44. The van der Waals surface area contributed by atoms with Crippen molar-refractivity contribution in [3.8, 4) is 5.75 Å². The van der Waals surface area contributed by atoms with Crippen molar-refractivity contribution in [1.29, 1.82) is 0 Å². The van der Waals surface area contributed by atoms with Gasteiger partial charge < -0.3 is 20.3 Å². The summed E-state index contributed by atoms with van der Waals surface area (Å²) in [5.41, 5.74) is 5.08. The van der Waals surface area contributed by atoms with Crippen LogP contribution in [0.2, 0.25) is 0 Å². The van der Waals surface area contributed by atoms with Crippen LogP contribution in [0.4, 0.5) is 13.2 Å². The molecular formula is C29H36F3N3O5S. The molecule has 1 aliphatic carbocycles. The van der Waals surface area contributed by atoms with Gasteiger partial charge in [0.25, 0.3) is 0 Å². The Bertz CT molecular complexity index is 1370. The molecule has 2 amide bonds. The summed E-state index contributed by atoms with van der Waals surface area (Å²) in [5.74, 6) is -3.73. The first-order valence-corrected chi connectivity index (χ1v) is 15.3. The zero-order valence-corrected chi connectivity index (χ0v) is 24.1. The van der Waals surface area contributed by atoms with Crippen LogP contribution in [0.3, 0.4) is 0 Å². The number of amides is 2. The Morgan fingerprint density at radius 2 is 1.78 bits per heavy atom. The van der Waals surface area contributed by atoms with Crippen molar-refractivity contribution in [1.82, 2.24) is 9.80 Å². The number of carbonyl (C=O) groups excluding carboxylic acids is 2. The lowest BCUT2D eigenvalue weighted by molar-refractivity contribution is -0.275. The average molecular weight is 596 g/mol. The second-order valence-corrected chi connectivity index (χ2v) is 13.2. The van der Waals surface area contributed by atoms with Crippen molar-refractivity contribution in [3.05, 3.63) is 59.7 Å². The standard InChI is InChI=1S/C29H36F3N3O5S/c1-18(2)34(3)20-12-13-24(19(16-20)17-41(38,39)21-8-5-4-6-9-21)35-15-14-23(28(35)37)26-22(27(33)36)10-7-11-25(26)40-29(30,31)32/h4-11,18-20,23-24H,12-17H2,1-3H3,(H2,33,36)/t19-,20+,23-,24-/m0/s1. The SMILES string of the molecule is CC(C)N(C)[C@@H]1CC[C@H](N2CC[C@@H](c3c(OC(F)(F)F)cccc3C(N)=O)C2=O)[C@H](CS(=O)(=O)c2ccccc2)C1. The Hall–Kier alpha value is -3.12. The molecule has 0 radical (unpaired) electrons. The van der Waals surface area contributed by atoms with E-state index in [1.54, 1.807) is 35.2 Å². The van der Waals surface area contributed by atoms with Gasteiger partial charge in [0.05, 0.1) is 16.6 Å². The molecule has 1 heterocycles. The number of hydrogen-bond donors (Lipinski definition) is 1. The summed E-state index contributed by atoms with van der Waals surface area (Å²) in [6, 6.07) is 11.6. The van der Waals surface area contributed by atoms with E-state index in [4.69, 9.17) is 5.73 Å². The number of ether oxygens (including phenoxy) is 1. The minimum absolute atomic E-state index is 0.109. The number of alkyl halides is 3. The number of carbonyl (C=O) groups is 2. The van der Waals surface area contributed by atoms with Gasteiger partial charge in [0, 0.05) is 35.8 Å². The smallest absolute Gasteiger partial charge is 0.405 e. The molecule has 224 valence electrons. The normalized spacial score (nSPS) is 23.8. The second kappa shape index (κ2) is 12.0. The molecule has 0 unspecified atom stereocenters. The zero-order chi connectivity index (χ0) is 30.1. The second-order valence-electron chi connectivity index (χ2n) is 11.2. The number of benzene rings is 2. The van der Waals surface area contributed by atoms with Gasteiger partial charge in [-0.05, 0) is 76.8 Å². The van der Waals surface area contributed by atoms with E-state index in [1.807, 2.05) is 7.05 Å². The molecule has 41 heavy (non-hydrogen) atoms. The molecule has 8 nitrogen and oxygen atoms in total. The van der Waals surface area contributed by atoms with Crippen LogP contribution >= 0.6 is 0 Å². The molecule has 2 fully saturated rings. The summed E-state index contributed by atoms with van der Waals surface area (Å²) < 4.78 is 70.7. The Morgan fingerprint density at radius 1 is 1.10 bits per heavy atom. The summed E-state index contributed by atoms with van der Waals surface area (Å²) in [6.45, 7) is 4.33. The molecule has 0 aromatic heterocycles. The average Bonchev–Trinajstić information content (AvgIpc) is 3.27. The van der Waals surface area contributed by atoms with Gasteiger partial charge in [-0.15, -0.1) is 13.2 Å². The van der Waals surface area contributed by atoms with Crippen molar-refractivity contribution in [2.75, 3.05) is 19.3 Å². The summed E-state index contributed by atoms with van der Waals surface area (Å²) in [7, 11) is -1.68. The predicted molar refractivity (Wildman–Crippen MR) is 147 cm³/mol. The third kappa shape index (κ3) is 6.86. The van der Waals surface area contributed by atoms with Crippen molar-refractivity contribution in [3.63, 3.8) is 0 Å². The van der Waals surface area contributed by atoms with Crippen LogP contribution in [0.1, 0.15) is 61.4 Å². The fourth-order valence-electron chi connectivity index (χ4n) is 6.24. The predicted octanol–water partition coefficient (Wildman–Crippen LogP) is 4.35. The quantitative estimate of drug-likeness (QED) is 0.462. The number of nitrogens with zero attached hydrogens (tertiary/aromatic N) is 2. The lowest BCUT2D eigenvalue weighted by atomic mass is 9.80. The van der Waals surface area contributed by atoms with E-state index in [9.17, 15) is 31.2 Å². The molecule has 4 rings (SSSR count). The van der Waals surface area contributed by atoms with Crippen LogP contribution in [-0.2, 0) is 14.6 Å². The molecule has 0 bridgehead atoms. The highest BCUT2D eigenvalue weighted by atomic mass is 32.2. The van der Waals surface area contributed by atoms with Gasteiger partial charge in [-0.3, -0.25) is 9.59 Å². The van der Waals surface area contributed by atoms with Gasteiger partial charge in [-0.2, -0.15) is 0 Å². The van der Waals surface area contributed by atoms with Crippen molar-refractivity contribution < 1.29 is 35.9 Å². The van der Waals surface area contributed by atoms with Gasteiger partial charge in [0.1, 0.15) is 5.75 Å². The molecule has 0 spiro atoms. The number of rotatable bonds is 9. The van der Waals surface area contributed by atoms with Crippen LogP contribution in [0.15, 0.2) is 53.4 Å². The summed E-state index contributed by atoms with van der Waals surface area (Å²) in [6.07, 6.45) is -3.08. The van der Waals surface area contributed by atoms with Gasteiger partial charge in [-0.1, -0.05) is 24.3 Å². The Labute approximate surface area is 238 Å². The highest BCUT2D eigenvalue weighted by Gasteiger charge is 2.46. The first kappa shape index (κ1) is 30.8. The van der Waals surface area contributed by atoms with Crippen LogP contribution in [0.5, 0.6) is 5.75 Å². The number of primary amides is 1. The van der Waals surface area contributed by atoms with Crippen molar-refractivity contribution >= 4 is 21.7 Å². The molecular weight excluding hydrogens is 559 g/mol. The first-order valence-electron chi connectivity index (χ1n) is 13.7. The van der Waals surface area contributed by atoms with Gasteiger partial charge in [0.2, 0.25) is 11.8 Å². The largest absolute Gasteiger partial charge is 0.573 e. The van der Waals surface area contributed by atoms with Crippen LogP contribution in [0, 0.1) is 5.92 Å². The maximum absolute atomic E-state index is 13.9. The van der Waals surface area contributed by atoms with E-state index in [0.717, 1.165) is 12.5 Å². The van der Waals surface area contributed by atoms with Gasteiger partial charge in [0.15, 0.2) is 9.84 Å². The molecule has 12 heteroatoms. The Morgan fingerprint density at radius 3 is 2.39 bits per heavy atom. The summed E-state index contributed by atoms with van der Waals surface area (Å²) >= 11 is 0. The zero-order valence-electron chi connectivity index (χ0n) is 23.3. The molecule has 1 aliphatic heterocycles. The lowest BCUT2D eigenvalue weighted by Crippen LogP contribution is -2.51. The fraction of sp³-hybridized carbons (Fsp3) is 0.517.